The summed E-state index contributed by atoms with van der Waals surface area (Å²) < 4.78 is 9.97. The largest absolute Gasteiger partial charge is 0.494 e. The van der Waals surface area contributed by atoms with Crippen molar-refractivity contribution in [2.24, 2.45) is 5.92 Å². The summed E-state index contributed by atoms with van der Waals surface area (Å²) in [6.07, 6.45) is 0.869. The summed E-state index contributed by atoms with van der Waals surface area (Å²) in [4.78, 5) is 10.9. The van der Waals surface area contributed by atoms with Crippen molar-refractivity contribution in [3.63, 3.8) is 0 Å². The second-order valence-electron chi connectivity index (χ2n) is 5.56. The molecule has 0 unspecified atom stereocenters. The highest BCUT2D eigenvalue weighted by Gasteiger charge is 2.03. The van der Waals surface area contributed by atoms with Crippen molar-refractivity contribution in [1.82, 2.24) is 0 Å². The van der Waals surface area contributed by atoms with Crippen molar-refractivity contribution in [3.05, 3.63) is 29.3 Å². The average molecular weight is 312 g/mol. The molecule has 0 spiro atoms. The van der Waals surface area contributed by atoms with Crippen LogP contribution in [0.4, 0.5) is 0 Å². The predicted octanol–water partition coefficient (Wildman–Crippen LogP) is 2.67. The zero-order valence-electron chi connectivity index (χ0n) is 14.0. The molecule has 2 N–H and O–H groups in total. The summed E-state index contributed by atoms with van der Waals surface area (Å²) in [5.74, 6) is 1.15. The SMILES string of the molecule is CC(C)C.COC(=O)CCCOc1cc(CO)cc(CO)c1. The quantitative estimate of drug-likeness (QED) is 0.598. The molecule has 5 nitrogen and oxygen atoms in total. The number of methoxy groups -OCH3 is 1. The van der Waals surface area contributed by atoms with E-state index < -0.39 is 0 Å². The summed E-state index contributed by atoms with van der Waals surface area (Å²) in [6.45, 7) is 6.67. The van der Waals surface area contributed by atoms with Crippen LogP contribution in [0.1, 0.15) is 44.7 Å². The van der Waals surface area contributed by atoms with Gasteiger partial charge in [-0.1, -0.05) is 26.8 Å². The highest BCUT2D eigenvalue weighted by molar-refractivity contribution is 5.69. The van der Waals surface area contributed by atoms with Crippen LogP contribution in [0.15, 0.2) is 18.2 Å². The summed E-state index contributed by atoms with van der Waals surface area (Å²) in [6, 6.07) is 5.12. The van der Waals surface area contributed by atoms with Crippen LogP contribution < -0.4 is 4.74 Å². The van der Waals surface area contributed by atoms with Gasteiger partial charge in [0.25, 0.3) is 0 Å². The van der Waals surface area contributed by atoms with Crippen molar-refractivity contribution in [2.45, 2.75) is 46.8 Å². The highest BCUT2D eigenvalue weighted by atomic mass is 16.5. The van der Waals surface area contributed by atoms with Crippen molar-refractivity contribution in [1.29, 1.82) is 0 Å². The Morgan fingerprint density at radius 1 is 1.09 bits per heavy atom. The van der Waals surface area contributed by atoms with E-state index >= 15 is 0 Å². The number of hydrogen-bond donors (Lipinski definition) is 2. The maximum absolute atomic E-state index is 10.9. The second-order valence-corrected chi connectivity index (χ2v) is 5.56. The average Bonchev–Trinajstić information content (AvgIpc) is 2.50. The molecule has 0 aliphatic rings. The summed E-state index contributed by atoms with van der Waals surface area (Å²) in [5, 5.41) is 18.1. The van der Waals surface area contributed by atoms with Gasteiger partial charge in [-0.05, 0) is 35.6 Å². The van der Waals surface area contributed by atoms with E-state index in [4.69, 9.17) is 14.9 Å². The molecular formula is C17H28O5. The molecule has 0 aliphatic heterocycles. The van der Waals surface area contributed by atoms with Crippen LogP contribution in [0.2, 0.25) is 0 Å². The van der Waals surface area contributed by atoms with Crippen LogP contribution in [0.25, 0.3) is 0 Å². The molecule has 1 aromatic carbocycles. The molecule has 0 radical (unpaired) electrons. The first-order valence-corrected chi connectivity index (χ1v) is 7.47. The van der Waals surface area contributed by atoms with Gasteiger partial charge >= 0.3 is 5.97 Å². The third-order valence-electron chi connectivity index (χ3n) is 2.41. The molecule has 0 aromatic heterocycles. The number of carbonyl (C=O) groups excluding carboxylic acids is 1. The van der Waals surface area contributed by atoms with Gasteiger partial charge in [0.05, 0.1) is 26.9 Å². The van der Waals surface area contributed by atoms with Crippen molar-refractivity contribution in [2.75, 3.05) is 13.7 Å². The number of rotatable bonds is 7. The van der Waals surface area contributed by atoms with Crippen molar-refractivity contribution >= 4 is 5.97 Å². The molecule has 0 saturated carbocycles. The molecule has 0 atom stereocenters. The normalized spacial score (nSPS) is 9.95. The minimum Gasteiger partial charge on any atom is -0.494 e. The van der Waals surface area contributed by atoms with Crippen LogP contribution in [0.5, 0.6) is 5.75 Å². The fourth-order valence-corrected chi connectivity index (χ4v) is 1.50. The topological polar surface area (TPSA) is 76.0 Å². The maximum Gasteiger partial charge on any atom is 0.305 e. The molecule has 5 heteroatoms. The van der Waals surface area contributed by atoms with E-state index in [0.29, 0.717) is 36.3 Å². The van der Waals surface area contributed by atoms with Crippen molar-refractivity contribution < 1.29 is 24.5 Å². The van der Waals surface area contributed by atoms with Gasteiger partial charge in [0.15, 0.2) is 0 Å². The lowest BCUT2D eigenvalue weighted by molar-refractivity contribution is -0.140. The summed E-state index contributed by atoms with van der Waals surface area (Å²) >= 11 is 0. The Hall–Kier alpha value is -1.59. The number of benzene rings is 1. The Balaban J connectivity index is 0.000000980. The number of esters is 1. The molecule has 22 heavy (non-hydrogen) atoms. The van der Waals surface area contributed by atoms with E-state index in [9.17, 15) is 4.79 Å². The van der Waals surface area contributed by atoms with Crippen LogP contribution in [0, 0.1) is 5.92 Å². The number of aliphatic hydroxyl groups is 2. The standard InChI is InChI=1S/C13H18O5.C4H10/c1-17-13(16)3-2-4-18-12-6-10(8-14)5-11(7-12)9-15;1-4(2)3/h5-7,14-15H,2-4,8-9H2,1H3;4H,1-3H3. The van der Waals surface area contributed by atoms with Crippen molar-refractivity contribution in [3.8, 4) is 5.75 Å². The molecular weight excluding hydrogens is 284 g/mol. The van der Waals surface area contributed by atoms with Gasteiger partial charge in [-0.2, -0.15) is 0 Å². The zero-order chi connectivity index (χ0) is 17.0. The maximum atomic E-state index is 10.9. The summed E-state index contributed by atoms with van der Waals surface area (Å²) in [5.41, 5.74) is 1.37. The minimum atomic E-state index is -0.265. The lowest BCUT2D eigenvalue weighted by Crippen LogP contribution is -2.05. The van der Waals surface area contributed by atoms with Crippen LogP contribution in [0.3, 0.4) is 0 Å². The fourth-order valence-electron chi connectivity index (χ4n) is 1.50. The third-order valence-corrected chi connectivity index (χ3v) is 2.41. The first-order valence-electron chi connectivity index (χ1n) is 7.47. The van der Waals surface area contributed by atoms with E-state index in [2.05, 4.69) is 25.5 Å². The van der Waals surface area contributed by atoms with Gasteiger partial charge in [-0.3, -0.25) is 4.79 Å². The molecule has 0 aliphatic carbocycles. The molecule has 0 bridgehead atoms. The van der Waals surface area contributed by atoms with Crippen LogP contribution in [-0.4, -0.2) is 29.9 Å². The van der Waals surface area contributed by atoms with Gasteiger partial charge in [-0.15, -0.1) is 0 Å². The van der Waals surface area contributed by atoms with Gasteiger partial charge in [0.2, 0.25) is 0 Å². The number of ether oxygens (including phenoxy) is 2. The Kier molecular flexibility index (Phi) is 11.1. The van der Waals surface area contributed by atoms with Gasteiger partial charge < -0.3 is 19.7 Å². The number of hydrogen-bond acceptors (Lipinski definition) is 5. The van der Waals surface area contributed by atoms with E-state index in [1.807, 2.05) is 0 Å². The Morgan fingerprint density at radius 3 is 2.00 bits per heavy atom. The van der Waals surface area contributed by atoms with E-state index in [1.54, 1.807) is 18.2 Å². The van der Waals surface area contributed by atoms with Crippen LogP contribution >= 0.6 is 0 Å². The Morgan fingerprint density at radius 2 is 1.59 bits per heavy atom. The predicted molar refractivity (Wildman–Crippen MR) is 85.5 cm³/mol. The Bertz CT molecular complexity index is 404. The lowest BCUT2D eigenvalue weighted by Gasteiger charge is -2.09. The molecule has 0 fully saturated rings. The Labute approximate surface area is 132 Å². The van der Waals surface area contributed by atoms with Crippen LogP contribution in [-0.2, 0) is 22.7 Å². The second kappa shape index (κ2) is 12.0. The number of carbonyl (C=O) groups is 1. The molecule has 1 rings (SSSR count). The monoisotopic (exact) mass is 312 g/mol. The molecule has 0 amide bonds. The lowest BCUT2D eigenvalue weighted by atomic mass is 10.1. The molecule has 0 saturated heterocycles. The smallest absolute Gasteiger partial charge is 0.305 e. The summed E-state index contributed by atoms with van der Waals surface area (Å²) in [7, 11) is 1.35. The van der Waals surface area contributed by atoms with Gasteiger partial charge in [0.1, 0.15) is 5.75 Å². The van der Waals surface area contributed by atoms with E-state index in [1.165, 1.54) is 7.11 Å². The van der Waals surface area contributed by atoms with E-state index in [-0.39, 0.29) is 19.2 Å². The minimum absolute atomic E-state index is 0.105. The van der Waals surface area contributed by atoms with E-state index in [0.717, 1.165) is 5.92 Å². The third kappa shape index (κ3) is 10.2. The molecule has 126 valence electrons. The van der Waals surface area contributed by atoms with Gasteiger partial charge in [0, 0.05) is 6.42 Å². The molecule has 1 aromatic rings. The first kappa shape index (κ1) is 20.4. The van der Waals surface area contributed by atoms with Gasteiger partial charge in [-0.25, -0.2) is 0 Å². The number of aliphatic hydroxyl groups excluding tert-OH is 2. The zero-order valence-corrected chi connectivity index (χ0v) is 14.0. The molecule has 0 heterocycles. The fraction of sp³-hybridized carbons (Fsp3) is 0.588. The first-order chi connectivity index (χ1) is 10.4. The highest BCUT2D eigenvalue weighted by Crippen LogP contribution is 2.18.